The predicted octanol–water partition coefficient (Wildman–Crippen LogP) is 4.31. The number of ketones is 1. The summed E-state index contributed by atoms with van der Waals surface area (Å²) in [7, 11) is 0. The van der Waals surface area contributed by atoms with E-state index in [0.717, 1.165) is 5.56 Å². The molecule has 0 saturated carbocycles. The van der Waals surface area contributed by atoms with E-state index in [4.69, 9.17) is 16.0 Å². The summed E-state index contributed by atoms with van der Waals surface area (Å²) in [5.41, 5.74) is 2.81. The molecule has 104 valence electrons. The van der Waals surface area contributed by atoms with Gasteiger partial charge in [0.2, 0.25) is 5.89 Å². The molecule has 0 radical (unpaired) electrons. The number of aromatic nitrogens is 1. The summed E-state index contributed by atoms with van der Waals surface area (Å²) >= 11 is 5.70. The largest absolute Gasteiger partial charge is 0.444 e. The maximum absolute atomic E-state index is 12.3. The highest BCUT2D eigenvalue weighted by molar-refractivity contribution is 6.16. The third-order valence-electron chi connectivity index (χ3n) is 3.12. The average Bonchev–Trinajstić information content (AvgIpc) is 3.04. The van der Waals surface area contributed by atoms with Crippen molar-refractivity contribution in [2.45, 2.75) is 5.88 Å². The van der Waals surface area contributed by atoms with Crippen molar-refractivity contribution in [3.63, 3.8) is 0 Å². The molecule has 0 aliphatic heterocycles. The summed E-state index contributed by atoms with van der Waals surface area (Å²) < 4.78 is 5.35. The lowest BCUT2D eigenvalue weighted by Gasteiger charge is -2.02. The van der Waals surface area contributed by atoms with Gasteiger partial charge >= 0.3 is 0 Å². The Labute approximate surface area is 127 Å². The minimum atomic E-state index is -0.00370. The van der Waals surface area contributed by atoms with E-state index in [0.29, 0.717) is 28.6 Å². The minimum absolute atomic E-state index is 0.00370. The fraction of sp³-hybridized carbons (Fsp3) is 0.0588. The smallest absolute Gasteiger partial charge is 0.226 e. The van der Waals surface area contributed by atoms with Crippen molar-refractivity contribution in [3.05, 3.63) is 77.7 Å². The second-order valence-corrected chi connectivity index (χ2v) is 4.82. The van der Waals surface area contributed by atoms with Gasteiger partial charge in [-0.25, -0.2) is 4.98 Å². The molecule has 0 saturated heterocycles. The average molecular weight is 298 g/mol. The first-order valence-electron chi connectivity index (χ1n) is 6.48. The number of carbonyl (C=O) groups is 1. The number of carbonyl (C=O) groups excluding carboxylic acids is 1. The highest BCUT2D eigenvalue weighted by atomic mass is 35.5. The molecule has 4 heteroatoms. The van der Waals surface area contributed by atoms with Crippen LogP contribution >= 0.6 is 11.6 Å². The van der Waals surface area contributed by atoms with Crippen LogP contribution in [0.1, 0.15) is 21.6 Å². The van der Waals surface area contributed by atoms with Crippen LogP contribution in [0.15, 0.2) is 65.3 Å². The van der Waals surface area contributed by atoms with E-state index in [1.165, 1.54) is 6.26 Å². The van der Waals surface area contributed by atoms with Crippen molar-refractivity contribution < 1.29 is 9.21 Å². The molecule has 3 rings (SSSR count). The number of hydrogen-bond donors (Lipinski definition) is 0. The highest BCUT2D eigenvalue weighted by Gasteiger charge is 2.10. The molecule has 3 aromatic rings. The van der Waals surface area contributed by atoms with Gasteiger partial charge in [-0.1, -0.05) is 42.5 Å². The summed E-state index contributed by atoms with van der Waals surface area (Å²) in [6.45, 7) is 0. The molecule has 21 heavy (non-hydrogen) atoms. The van der Waals surface area contributed by atoms with Crippen LogP contribution in [0.25, 0.3) is 11.5 Å². The zero-order valence-electron chi connectivity index (χ0n) is 11.1. The molecule has 1 aromatic heterocycles. The quantitative estimate of drug-likeness (QED) is 0.532. The third-order valence-corrected chi connectivity index (χ3v) is 3.39. The summed E-state index contributed by atoms with van der Waals surface area (Å²) in [4.78, 5) is 16.5. The Hall–Kier alpha value is -2.39. The van der Waals surface area contributed by atoms with Crippen molar-refractivity contribution in [3.8, 4) is 11.5 Å². The lowest BCUT2D eigenvalue weighted by molar-refractivity contribution is 0.103. The van der Waals surface area contributed by atoms with Crippen LogP contribution in [0.5, 0.6) is 0 Å². The molecule has 0 N–H and O–H groups in total. The molecule has 0 aliphatic carbocycles. The molecule has 0 aliphatic rings. The van der Waals surface area contributed by atoms with Gasteiger partial charge in [0.05, 0.1) is 11.6 Å². The fourth-order valence-corrected chi connectivity index (χ4v) is 2.14. The molecule has 2 aromatic carbocycles. The molecule has 1 heterocycles. The van der Waals surface area contributed by atoms with Crippen LogP contribution in [0.4, 0.5) is 0 Å². The highest BCUT2D eigenvalue weighted by Crippen LogP contribution is 2.21. The van der Waals surface area contributed by atoms with Crippen LogP contribution in [0.3, 0.4) is 0 Å². The van der Waals surface area contributed by atoms with Crippen molar-refractivity contribution in [2.75, 3.05) is 0 Å². The van der Waals surface area contributed by atoms with Gasteiger partial charge in [0.25, 0.3) is 0 Å². The van der Waals surface area contributed by atoms with Gasteiger partial charge in [0.1, 0.15) is 6.26 Å². The zero-order valence-corrected chi connectivity index (χ0v) is 11.9. The number of alkyl halides is 1. The maximum atomic E-state index is 12.3. The van der Waals surface area contributed by atoms with Gasteiger partial charge in [-0.2, -0.15) is 0 Å². The van der Waals surface area contributed by atoms with Gasteiger partial charge in [0, 0.05) is 16.7 Å². The first-order valence-corrected chi connectivity index (χ1v) is 7.02. The van der Waals surface area contributed by atoms with Crippen molar-refractivity contribution >= 4 is 17.4 Å². The number of rotatable bonds is 4. The first kappa shape index (κ1) is 13.6. The zero-order chi connectivity index (χ0) is 14.7. The van der Waals surface area contributed by atoms with Gasteiger partial charge in [-0.05, 0) is 12.1 Å². The summed E-state index contributed by atoms with van der Waals surface area (Å²) in [6.07, 6.45) is 1.53. The summed E-state index contributed by atoms with van der Waals surface area (Å²) in [6, 6.07) is 16.4. The molecule has 0 unspecified atom stereocenters. The van der Waals surface area contributed by atoms with E-state index in [-0.39, 0.29) is 5.78 Å². The molecule has 0 atom stereocenters. The standard InChI is InChI=1S/C17H12ClNO2/c18-10-15-11-21-17(19-15)14-8-6-13(7-9-14)16(20)12-4-2-1-3-5-12/h1-9,11H,10H2. The van der Waals surface area contributed by atoms with Crippen LogP contribution < -0.4 is 0 Å². The van der Waals surface area contributed by atoms with Crippen LogP contribution in [-0.4, -0.2) is 10.8 Å². The number of nitrogens with zero attached hydrogens (tertiary/aromatic N) is 1. The molecular formula is C17H12ClNO2. The second-order valence-electron chi connectivity index (χ2n) is 4.55. The van der Waals surface area contributed by atoms with Crippen LogP contribution in [0, 0.1) is 0 Å². The number of benzene rings is 2. The van der Waals surface area contributed by atoms with Crippen molar-refractivity contribution in [1.29, 1.82) is 0 Å². The monoisotopic (exact) mass is 297 g/mol. The van der Waals surface area contributed by atoms with Crippen LogP contribution in [-0.2, 0) is 5.88 Å². The van der Waals surface area contributed by atoms with E-state index in [9.17, 15) is 4.79 Å². The Morgan fingerprint density at radius 1 is 1.00 bits per heavy atom. The molecule has 0 amide bonds. The van der Waals surface area contributed by atoms with E-state index in [2.05, 4.69) is 4.98 Å². The van der Waals surface area contributed by atoms with Crippen molar-refractivity contribution in [1.82, 2.24) is 4.98 Å². The van der Waals surface area contributed by atoms with Crippen LogP contribution in [0.2, 0.25) is 0 Å². The lowest BCUT2D eigenvalue weighted by atomic mass is 10.0. The van der Waals surface area contributed by atoms with E-state index < -0.39 is 0 Å². The number of oxazole rings is 1. The Morgan fingerprint density at radius 3 is 2.29 bits per heavy atom. The molecule has 0 spiro atoms. The van der Waals surface area contributed by atoms with Gasteiger partial charge in [0.15, 0.2) is 5.78 Å². The Balaban J connectivity index is 1.85. The fourth-order valence-electron chi connectivity index (χ4n) is 2.02. The third kappa shape index (κ3) is 2.88. The Morgan fingerprint density at radius 2 is 1.67 bits per heavy atom. The number of hydrogen-bond acceptors (Lipinski definition) is 3. The summed E-state index contributed by atoms with van der Waals surface area (Å²) in [5.74, 6) is 0.814. The number of halogens is 1. The molecule has 0 bridgehead atoms. The SMILES string of the molecule is O=C(c1ccccc1)c1ccc(-c2nc(CCl)co2)cc1. The first-order chi connectivity index (χ1) is 10.3. The minimum Gasteiger partial charge on any atom is -0.444 e. The Bertz CT molecular complexity index is 748. The van der Waals surface area contributed by atoms with E-state index in [1.54, 1.807) is 24.3 Å². The van der Waals surface area contributed by atoms with E-state index in [1.807, 2.05) is 30.3 Å². The Kier molecular flexibility index (Phi) is 3.84. The second kappa shape index (κ2) is 5.94. The van der Waals surface area contributed by atoms with Crippen molar-refractivity contribution in [2.24, 2.45) is 0 Å². The molecule has 0 fully saturated rings. The lowest BCUT2D eigenvalue weighted by Crippen LogP contribution is -2.00. The van der Waals surface area contributed by atoms with Gasteiger partial charge < -0.3 is 4.42 Å². The molecule has 3 nitrogen and oxygen atoms in total. The predicted molar refractivity (Wildman–Crippen MR) is 81.4 cm³/mol. The van der Waals surface area contributed by atoms with E-state index >= 15 is 0 Å². The van der Waals surface area contributed by atoms with Gasteiger partial charge in [-0.3, -0.25) is 4.79 Å². The van der Waals surface area contributed by atoms with Gasteiger partial charge in [-0.15, -0.1) is 11.6 Å². The summed E-state index contributed by atoms with van der Waals surface area (Å²) in [5, 5.41) is 0. The topological polar surface area (TPSA) is 43.1 Å². The normalized spacial score (nSPS) is 10.5. The maximum Gasteiger partial charge on any atom is 0.226 e. The molecular weight excluding hydrogens is 286 g/mol.